The first-order valence-electron chi connectivity index (χ1n) is 5.83. The maximum absolute atomic E-state index is 5.91. The fourth-order valence-electron chi connectivity index (χ4n) is 1.47. The Balaban J connectivity index is 2.08. The topological polar surface area (TPSA) is 87.3 Å². The fraction of sp³-hybridized carbons (Fsp3) is 0.500. The molecule has 2 aromatic heterocycles. The average Bonchev–Trinajstić information content (AvgIpc) is 2.93. The minimum atomic E-state index is -0.392. The Morgan fingerprint density at radius 2 is 2.22 bits per heavy atom. The summed E-state index contributed by atoms with van der Waals surface area (Å²) in [6.07, 6.45) is 1.70. The van der Waals surface area contributed by atoms with Crippen molar-refractivity contribution in [2.75, 3.05) is 6.61 Å². The summed E-state index contributed by atoms with van der Waals surface area (Å²) in [4.78, 5) is 4.25. The van der Waals surface area contributed by atoms with Gasteiger partial charge in [-0.2, -0.15) is 4.98 Å². The standard InChI is InChI=1S/C12H17N3O3/c1-7(2)17-6-10(13)11-14-12(18-15-11)9-4-5-16-8(9)3/h4-5,7,10H,6,13H2,1-3H3. The van der Waals surface area contributed by atoms with E-state index >= 15 is 0 Å². The van der Waals surface area contributed by atoms with Crippen molar-refractivity contribution in [2.24, 2.45) is 5.73 Å². The van der Waals surface area contributed by atoms with Crippen molar-refractivity contribution in [3.8, 4) is 11.5 Å². The van der Waals surface area contributed by atoms with E-state index in [9.17, 15) is 0 Å². The summed E-state index contributed by atoms with van der Waals surface area (Å²) >= 11 is 0. The number of nitrogens with zero attached hydrogens (tertiary/aromatic N) is 2. The minimum absolute atomic E-state index is 0.124. The van der Waals surface area contributed by atoms with Crippen LogP contribution in [0.1, 0.15) is 31.5 Å². The van der Waals surface area contributed by atoms with Gasteiger partial charge in [0.2, 0.25) is 0 Å². The zero-order chi connectivity index (χ0) is 13.1. The van der Waals surface area contributed by atoms with Crippen LogP contribution < -0.4 is 5.73 Å². The summed E-state index contributed by atoms with van der Waals surface area (Å²) in [5.74, 6) is 1.58. The summed E-state index contributed by atoms with van der Waals surface area (Å²) in [5.41, 5.74) is 6.70. The molecule has 2 N–H and O–H groups in total. The lowest BCUT2D eigenvalue weighted by molar-refractivity contribution is 0.0665. The Bertz CT molecular complexity index is 504. The predicted molar refractivity (Wildman–Crippen MR) is 64.8 cm³/mol. The van der Waals surface area contributed by atoms with E-state index in [4.69, 9.17) is 19.4 Å². The fourth-order valence-corrected chi connectivity index (χ4v) is 1.47. The van der Waals surface area contributed by atoms with Gasteiger partial charge in [-0.1, -0.05) is 5.16 Å². The third-order valence-electron chi connectivity index (χ3n) is 2.47. The maximum atomic E-state index is 5.91. The smallest absolute Gasteiger partial charge is 0.261 e. The number of nitrogens with two attached hydrogens (primary N) is 1. The van der Waals surface area contributed by atoms with Crippen molar-refractivity contribution in [3.05, 3.63) is 23.9 Å². The highest BCUT2D eigenvalue weighted by atomic mass is 16.5. The molecule has 0 spiro atoms. The van der Waals surface area contributed by atoms with Gasteiger partial charge in [0.05, 0.1) is 30.6 Å². The number of hydrogen-bond donors (Lipinski definition) is 1. The zero-order valence-electron chi connectivity index (χ0n) is 10.7. The molecule has 0 aliphatic rings. The second kappa shape index (κ2) is 5.32. The lowest BCUT2D eigenvalue weighted by Gasteiger charge is -2.10. The molecule has 0 saturated heterocycles. The van der Waals surface area contributed by atoms with Gasteiger partial charge >= 0.3 is 0 Å². The van der Waals surface area contributed by atoms with Crippen molar-refractivity contribution in [1.29, 1.82) is 0 Å². The van der Waals surface area contributed by atoms with E-state index in [-0.39, 0.29) is 6.10 Å². The average molecular weight is 251 g/mol. The molecule has 0 aliphatic heterocycles. The van der Waals surface area contributed by atoms with Crippen LogP contribution in [-0.4, -0.2) is 22.9 Å². The normalized spacial score (nSPS) is 13.2. The van der Waals surface area contributed by atoms with Crippen LogP contribution in [0.4, 0.5) is 0 Å². The van der Waals surface area contributed by atoms with Gasteiger partial charge in [0, 0.05) is 0 Å². The number of rotatable bonds is 5. The van der Waals surface area contributed by atoms with Gasteiger partial charge in [0.25, 0.3) is 5.89 Å². The lowest BCUT2D eigenvalue weighted by Crippen LogP contribution is -2.20. The molecule has 2 rings (SSSR count). The van der Waals surface area contributed by atoms with Crippen LogP contribution in [0.2, 0.25) is 0 Å². The second-order valence-corrected chi connectivity index (χ2v) is 4.34. The Labute approximate surface area is 105 Å². The highest BCUT2D eigenvalue weighted by Crippen LogP contribution is 2.23. The van der Waals surface area contributed by atoms with Gasteiger partial charge in [-0.25, -0.2) is 0 Å². The molecule has 6 heteroatoms. The van der Waals surface area contributed by atoms with E-state index < -0.39 is 6.04 Å². The molecule has 18 heavy (non-hydrogen) atoms. The predicted octanol–water partition coefficient (Wildman–Crippen LogP) is 2.06. The number of aromatic nitrogens is 2. The van der Waals surface area contributed by atoms with Gasteiger partial charge in [-0.3, -0.25) is 0 Å². The summed E-state index contributed by atoms with van der Waals surface area (Å²) in [6.45, 7) is 6.09. The number of aryl methyl sites for hydroxylation is 1. The SMILES string of the molecule is Cc1occc1-c1nc(C(N)COC(C)C)no1. The van der Waals surface area contributed by atoms with Crippen molar-refractivity contribution in [1.82, 2.24) is 10.1 Å². The van der Waals surface area contributed by atoms with Gasteiger partial charge < -0.3 is 19.4 Å². The van der Waals surface area contributed by atoms with E-state index in [1.54, 1.807) is 12.3 Å². The molecule has 0 aliphatic carbocycles. The Morgan fingerprint density at radius 3 is 2.83 bits per heavy atom. The van der Waals surface area contributed by atoms with Gasteiger partial charge in [0.15, 0.2) is 5.82 Å². The molecule has 2 aromatic rings. The highest BCUT2D eigenvalue weighted by Gasteiger charge is 2.18. The van der Waals surface area contributed by atoms with Crippen molar-refractivity contribution < 1.29 is 13.7 Å². The molecule has 0 bridgehead atoms. The van der Waals surface area contributed by atoms with Crippen molar-refractivity contribution in [3.63, 3.8) is 0 Å². The van der Waals surface area contributed by atoms with Crippen LogP contribution in [0, 0.1) is 6.92 Å². The monoisotopic (exact) mass is 251 g/mol. The molecule has 0 fully saturated rings. The molecule has 98 valence electrons. The van der Waals surface area contributed by atoms with Crippen LogP contribution >= 0.6 is 0 Å². The third-order valence-corrected chi connectivity index (χ3v) is 2.47. The maximum Gasteiger partial charge on any atom is 0.261 e. The van der Waals surface area contributed by atoms with Crippen LogP contribution in [0.5, 0.6) is 0 Å². The molecule has 2 heterocycles. The first-order chi connectivity index (χ1) is 8.58. The molecule has 6 nitrogen and oxygen atoms in total. The van der Waals surface area contributed by atoms with Crippen molar-refractivity contribution in [2.45, 2.75) is 32.9 Å². The Kier molecular flexibility index (Phi) is 3.78. The van der Waals surface area contributed by atoms with Crippen LogP contribution in [0.25, 0.3) is 11.5 Å². The first-order valence-corrected chi connectivity index (χ1v) is 5.83. The number of furan rings is 1. The number of hydrogen-bond acceptors (Lipinski definition) is 6. The summed E-state index contributed by atoms with van der Waals surface area (Å²) in [6, 6.07) is 1.39. The number of ether oxygens (including phenoxy) is 1. The van der Waals surface area contributed by atoms with E-state index in [0.717, 1.165) is 11.3 Å². The molecule has 0 amide bonds. The quantitative estimate of drug-likeness (QED) is 0.875. The first kappa shape index (κ1) is 12.8. The van der Waals surface area contributed by atoms with Gasteiger partial charge in [-0.15, -0.1) is 0 Å². The van der Waals surface area contributed by atoms with Crippen LogP contribution in [0.3, 0.4) is 0 Å². The summed E-state index contributed by atoms with van der Waals surface area (Å²) in [5, 5.41) is 3.86. The summed E-state index contributed by atoms with van der Waals surface area (Å²) in [7, 11) is 0. The highest BCUT2D eigenvalue weighted by molar-refractivity contribution is 5.54. The molecule has 1 atom stereocenters. The van der Waals surface area contributed by atoms with Gasteiger partial charge in [0.1, 0.15) is 5.76 Å². The molecular formula is C12H17N3O3. The van der Waals surface area contributed by atoms with E-state index in [2.05, 4.69) is 10.1 Å². The molecule has 1 unspecified atom stereocenters. The van der Waals surface area contributed by atoms with Gasteiger partial charge in [-0.05, 0) is 26.8 Å². The van der Waals surface area contributed by atoms with E-state index in [0.29, 0.717) is 18.3 Å². The van der Waals surface area contributed by atoms with E-state index in [1.165, 1.54) is 0 Å². The Morgan fingerprint density at radius 1 is 1.44 bits per heavy atom. The minimum Gasteiger partial charge on any atom is -0.469 e. The molecule has 0 radical (unpaired) electrons. The molecule has 0 saturated carbocycles. The molecular weight excluding hydrogens is 234 g/mol. The third kappa shape index (κ3) is 2.77. The Hall–Kier alpha value is -1.66. The zero-order valence-corrected chi connectivity index (χ0v) is 10.7. The second-order valence-electron chi connectivity index (χ2n) is 4.34. The van der Waals surface area contributed by atoms with Crippen LogP contribution in [-0.2, 0) is 4.74 Å². The molecule has 0 aromatic carbocycles. The van der Waals surface area contributed by atoms with E-state index in [1.807, 2.05) is 20.8 Å². The summed E-state index contributed by atoms with van der Waals surface area (Å²) < 4.78 is 15.8. The lowest BCUT2D eigenvalue weighted by atomic mass is 10.2. The van der Waals surface area contributed by atoms with Crippen LogP contribution in [0.15, 0.2) is 21.3 Å². The van der Waals surface area contributed by atoms with Crippen molar-refractivity contribution >= 4 is 0 Å². The largest absolute Gasteiger partial charge is 0.469 e.